The fourth-order valence-electron chi connectivity index (χ4n) is 8.95. The zero-order valence-corrected chi connectivity index (χ0v) is 39.8. The number of carbonyl (C=O) groups excluding carboxylic acids is 8. The number of aromatic amines is 4. The number of H-pyrrole nitrogens is 4. The number of fused-ring (bicyclic) bond motifs is 8. The van der Waals surface area contributed by atoms with Crippen LogP contribution in [0.3, 0.4) is 0 Å². The van der Waals surface area contributed by atoms with E-state index in [0.717, 1.165) is 0 Å². The van der Waals surface area contributed by atoms with Gasteiger partial charge in [0.2, 0.25) is 0 Å². The second kappa shape index (κ2) is 24.1. The van der Waals surface area contributed by atoms with E-state index < -0.39 is 47.8 Å². The van der Waals surface area contributed by atoms with Crippen molar-refractivity contribution < 1.29 is 76.3 Å². The molecule has 0 saturated heterocycles. The Morgan fingerprint density at radius 3 is 0.603 bits per heavy atom. The van der Waals surface area contributed by atoms with Gasteiger partial charge in [0.1, 0.15) is 0 Å². The zero-order valence-electron chi connectivity index (χ0n) is 39.8. The van der Waals surface area contributed by atoms with Crippen LogP contribution in [-0.4, -0.2) is 125 Å². The molecular formula is C48H60N4O16. The second-order valence-corrected chi connectivity index (χ2v) is 16.2. The van der Waals surface area contributed by atoms with Gasteiger partial charge in [0.25, 0.3) is 0 Å². The van der Waals surface area contributed by atoms with Crippen molar-refractivity contribution in [3.05, 3.63) is 90.1 Å². The van der Waals surface area contributed by atoms with Crippen molar-refractivity contribution in [2.45, 2.75) is 103 Å². The predicted molar refractivity (Wildman–Crippen MR) is 239 cm³/mol. The van der Waals surface area contributed by atoms with Crippen molar-refractivity contribution >= 4 is 47.8 Å². The van der Waals surface area contributed by atoms with E-state index in [4.69, 9.17) is 37.9 Å². The summed E-state index contributed by atoms with van der Waals surface area (Å²) in [5.41, 5.74) is 9.25. The van der Waals surface area contributed by atoms with Gasteiger partial charge in [-0.2, -0.15) is 0 Å². The average molecular weight is 949 g/mol. The molecule has 20 heteroatoms. The van der Waals surface area contributed by atoms with Gasteiger partial charge in [-0.15, -0.1) is 0 Å². The SMILES string of the molecule is COC(=O)CCc1c2[nH]c(c1CC(=O)OC)Cc1[nH]c(c(CC(=O)OC)c1CCC(=O)OC)Cc1[nH]c(c(CC(=O)OC)c1CCC(=O)OC)Cc1[nH]c(c(CCC(=O)OC)c1CC(=O)OC)C2. The molecule has 0 radical (unpaired) electrons. The third-order valence-corrected chi connectivity index (χ3v) is 12.4. The monoisotopic (exact) mass is 948 g/mol. The molecule has 1 aliphatic heterocycles. The van der Waals surface area contributed by atoms with E-state index >= 15 is 0 Å². The number of carbonyl (C=O) groups is 8. The summed E-state index contributed by atoms with van der Waals surface area (Å²) in [6, 6.07) is 0. The summed E-state index contributed by atoms with van der Waals surface area (Å²) >= 11 is 0. The number of esters is 8. The highest BCUT2D eigenvalue weighted by molar-refractivity contribution is 5.78. The Hall–Kier alpha value is -7.12. The Balaban J connectivity index is 1.93. The lowest BCUT2D eigenvalue weighted by molar-refractivity contribution is -0.141. The van der Waals surface area contributed by atoms with Gasteiger partial charge in [0, 0.05) is 96.9 Å². The van der Waals surface area contributed by atoms with Crippen LogP contribution in [0.4, 0.5) is 0 Å². The molecule has 4 N–H and O–H groups in total. The molecule has 5 rings (SSSR count). The van der Waals surface area contributed by atoms with Crippen molar-refractivity contribution in [1.82, 2.24) is 19.9 Å². The predicted octanol–water partition coefficient (Wildman–Crippen LogP) is 2.96. The van der Waals surface area contributed by atoms with Crippen LogP contribution in [0.15, 0.2) is 0 Å². The standard InChI is InChI=1S/C48H60N4O16/c1-61-41(53)13-9-25-29(17-45(57)65-5)37-22-35-27(11-15-43(55)63-3)30(18-46(58)66-6)38(51-35)23-36-28(12-16-44(56)64-4)32(20-48(60)68-8)40(52-36)24-39-31(19-47(59)67-7)26(10-14-42(54)62-2)34(50-39)21-33(25)49-37/h49-52H,9-24H2,1-8H3. The summed E-state index contributed by atoms with van der Waals surface area (Å²) in [7, 11) is 10.2. The zero-order chi connectivity index (χ0) is 49.7. The van der Waals surface area contributed by atoms with Crippen LogP contribution in [0.5, 0.6) is 0 Å². The summed E-state index contributed by atoms with van der Waals surface area (Å²) in [5, 5.41) is 0. The maximum absolute atomic E-state index is 13.3. The van der Waals surface area contributed by atoms with Crippen molar-refractivity contribution in [3.63, 3.8) is 0 Å². The number of rotatable bonds is 20. The van der Waals surface area contributed by atoms with Crippen molar-refractivity contribution in [2.75, 3.05) is 56.9 Å². The van der Waals surface area contributed by atoms with Gasteiger partial charge in [-0.3, -0.25) is 38.4 Å². The summed E-state index contributed by atoms with van der Waals surface area (Å²) < 4.78 is 40.7. The van der Waals surface area contributed by atoms with Crippen LogP contribution in [-0.2, 0) is 153 Å². The van der Waals surface area contributed by atoms with Gasteiger partial charge in [-0.1, -0.05) is 0 Å². The quantitative estimate of drug-likeness (QED) is 0.0645. The van der Waals surface area contributed by atoms with E-state index in [1.807, 2.05) is 0 Å². The Morgan fingerprint density at radius 2 is 0.441 bits per heavy atom. The minimum absolute atomic E-state index is 0.0513. The van der Waals surface area contributed by atoms with E-state index in [1.165, 1.54) is 56.9 Å². The molecule has 4 aromatic rings. The third-order valence-electron chi connectivity index (χ3n) is 12.4. The van der Waals surface area contributed by atoms with E-state index in [0.29, 0.717) is 90.1 Å². The lowest BCUT2D eigenvalue weighted by Gasteiger charge is -2.11. The Labute approximate surface area is 392 Å². The summed E-state index contributed by atoms with van der Waals surface area (Å²) in [5.74, 6) is -4.22. The highest BCUT2D eigenvalue weighted by Crippen LogP contribution is 2.35. The molecule has 368 valence electrons. The van der Waals surface area contributed by atoms with Gasteiger partial charge in [0.05, 0.1) is 82.6 Å². The van der Waals surface area contributed by atoms with Crippen molar-refractivity contribution in [2.24, 2.45) is 0 Å². The first-order valence-electron chi connectivity index (χ1n) is 22.0. The maximum Gasteiger partial charge on any atom is 0.310 e. The summed E-state index contributed by atoms with van der Waals surface area (Å²) in [6.45, 7) is 0. The first-order chi connectivity index (χ1) is 32.6. The molecule has 8 bridgehead atoms. The third kappa shape index (κ3) is 12.6. The fraction of sp³-hybridized carbons (Fsp3) is 0.500. The molecule has 68 heavy (non-hydrogen) atoms. The van der Waals surface area contributed by atoms with Crippen LogP contribution in [0.25, 0.3) is 0 Å². The lowest BCUT2D eigenvalue weighted by Crippen LogP contribution is -2.12. The maximum atomic E-state index is 13.3. The van der Waals surface area contributed by atoms with Crippen molar-refractivity contribution in [1.29, 1.82) is 0 Å². The lowest BCUT2D eigenvalue weighted by atomic mass is 9.93. The van der Waals surface area contributed by atoms with E-state index in [1.54, 1.807) is 0 Å². The molecule has 4 aromatic heterocycles. The number of methoxy groups -OCH3 is 8. The van der Waals surface area contributed by atoms with Crippen LogP contribution in [0.1, 0.15) is 116 Å². The van der Waals surface area contributed by atoms with Crippen LogP contribution >= 0.6 is 0 Å². The van der Waals surface area contributed by atoms with Gasteiger partial charge >= 0.3 is 47.8 Å². The van der Waals surface area contributed by atoms with Gasteiger partial charge < -0.3 is 57.8 Å². The molecule has 0 atom stereocenters. The summed E-state index contributed by atoms with van der Waals surface area (Å²) in [4.78, 5) is 118. The van der Waals surface area contributed by atoms with Crippen LogP contribution in [0, 0.1) is 0 Å². The minimum Gasteiger partial charge on any atom is -0.469 e. The normalized spacial score (nSPS) is 11.9. The first-order valence-corrected chi connectivity index (χ1v) is 22.0. The minimum atomic E-state index is -0.564. The highest BCUT2D eigenvalue weighted by atomic mass is 16.5. The number of hydrogen-bond acceptors (Lipinski definition) is 16. The largest absolute Gasteiger partial charge is 0.469 e. The fourth-order valence-corrected chi connectivity index (χ4v) is 8.95. The van der Waals surface area contributed by atoms with Crippen LogP contribution in [0.2, 0.25) is 0 Å². The number of hydrogen-bond donors (Lipinski definition) is 4. The van der Waals surface area contributed by atoms with Crippen molar-refractivity contribution in [3.8, 4) is 0 Å². The molecule has 0 spiro atoms. The molecule has 0 aliphatic carbocycles. The Morgan fingerprint density at radius 1 is 0.279 bits per heavy atom. The summed E-state index contributed by atoms with van der Waals surface area (Å²) in [6.07, 6.45) is -0.115. The molecular weight excluding hydrogens is 889 g/mol. The molecule has 0 unspecified atom stereocenters. The number of aromatic nitrogens is 4. The Bertz CT molecular complexity index is 2540. The molecule has 20 nitrogen and oxygen atoms in total. The second-order valence-electron chi connectivity index (χ2n) is 16.2. The topological polar surface area (TPSA) is 274 Å². The van der Waals surface area contributed by atoms with E-state index in [2.05, 4.69) is 19.9 Å². The Kier molecular flexibility index (Phi) is 18.4. The molecule has 0 saturated carbocycles. The van der Waals surface area contributed by atoms with Crippen LogP contribution < -0.4 is 0 Å². The molecule has 0 amide bonds. The first kappa shape index (κ1) is 51.9. The average Bonchev–Trinajstić information content (AvgIpc) is 4.04. The molecule has 5 heterocycles. The van der Waals surface area contributed by atoms with Gasteiger partial charge in [-0.25, -0.2) is 0 Å². The molecule has 1 aliphatic rings. The highest BCUT2D eigenvalue weighted by Gasteiger charge is 2.31. The number of ether oxygens (including phenoxy) is 8. The van der Waals surface area contributed by atoms with E-state index in [-0.39, 0.29) is 103 Å². The smallest absolute Gasteiger partial charge is 0.310 e. The van der Waals surface area contributed by atoms with Gasteiger partial charge in [-0.05, 0) is 70.2 Å². The van der Waals surface area contributed by atoms with E-state index in [9.17, 15) is 38.4 Å². The van der Waals surface area contributed by atoms with Gasteiger partial charge in [0.15, 0.2) is 0 Å². The number of nitrogens with one attached hydrogen (secondary N) is 4. The molecule has 0 aromatic carbocycles. The molecule has 0 fully saturated rings.